The van der Waals surface area contributed by atoms with Gasteiger partial charge < -0.3 is 20.9 Å². The molecular weight excluding hydrogens is 244 g/mol. The van der Waals surface area contributed by atoms with Gasteiger partial charge in [0.05, 0.1) is 13.5 Å². The molecule has 0 bridgehead atoms. The van der Waals surface area contributed by atoms with Gasteiger partial charge in [-0.05, 0) is 6.42 Å². The Labute approximate surface area is 103 Å². The Balaban J connectivity index is 4.15. The summed E-state index contributed by atoms with van der Waals surface area (Å²) >= 11 is 0. The standard InChI is InChI=1S/C10H16N2O6/c1-18-9(15)5-4-8(14)12-6(10(16)17)2-3-7(11)13/h6H,2-5H2,1H3,(H2,11,13)(H,12,14)(H,16,17). The Kier molecular flexibility index (Phi) is 7.10. The number of carbonyl (C=O) groups excluding carboxylic acids is 3. The van der Waals surface area contributed by atoms with Crippen LogP contribution in [0, 0.1) is 0 Å². The van der Waals surface area contributed by atoms with Crippen molar-refractivity contribution in [2.24, 2.45) is 5.73 Å². The number of aliphatic carboxylic acids is 1. The van der Waals surface area contributed by atoms with Gasteiger partial charge in [-0.25, -0.2) is 4.79 Å². The van der Waals surface area contributed by atoms with Crippen LogP contribution in [0.25, 0.3) is 0 Å². The van der Waals surface area contributed by atoms with Gasteiger partial charge in [0.15, 0.2) is 0 Å². The highest BCUT2D eigenvalue weighted by Gasteiger charge is 2.20. The lowest BCUT2D eigenvalue weighted by atomic mass is 10.1. The van der Waals surface area contributed by atoms with Crippen molar-refractivity contribution in [1.82, 2.24) is 5.32 Å². The van der Waals surface area contributed by atoms with E-state index in [-0.39, 0.29) is 25.7 Å². The Morgan fingerprint density at radius 3 is 2.28 bits per heavy atom. The predicted octanol–water partition coefficient (Wildman–Crippen LogP) is -1.23. The zero-order valence-corrected chi connectivity index (χ0v) is 9.97. The van der Waals surface area contributed by atoms with Gasteiger partial charge in [0.2, 0.25) is 11.8 Å². The number of hydrogen-bond donors (Lipinski definition) is 3. The van der Waals surface area contributed by atoms with Crippen LogP contribution < -0.4 is 11.1 Å². The summed E-state index contributed by atoms with van der Waals surface area (Å²) in [7, 11) is 1.19. The largest absolute Gasteiger partial charge is 0.480 e. The Morgan fingerprint density at radius 1 is 1.22 bits per heavy atom. The number of esters is 1. The molecule has 4 N–H and O–H groups in total. The second kappa shape index (κ2) is 8.04. The van der Waals surface area contributed by atoms with E-state index in [1.165, 1.54) is 7.11 Å². The quantitative estimate of drug-likeness (QED) is 0.468. The maximum atomic E-state index is 11.3. The number of ether oxygens (including phenoxy) is 1. The van der Waals surface area contributed by atoms with E-state index in [9.17, 15) is 19.2 Å². The highest BCUT2D eigenvalue weighted by molar-refractivity contribution is 5.86. The van der Waals surface area contributed by atoms with Crippen LogP contribution in [0.1, 0.15) is 25.7 Å². The topological polar surface area (TPSA) is 136 Å². The van der Waals surface area contributed by atoms with Gasteiger partial charge in [-0.3, -0.25) is 14.4 Å². The number of nitrogens with one attached hydrogen (secondary N) is 1. The number of methoxy groups -OCH3 is 1. The summed E-state index contributed by atoms with van der Waals surface area (Å²) in [6, 6.07) is -1.19. The molecule has 0 aliphatic carbocycles. The molecule has 0 aromatic rings. The minimum atomic E-state index is -1.26. The summed E-state index contributed by atoms with van der Waals surface area (Å²) in [6.45, 7) is 0. The average molecular weight is 260 g/mol. The van der Waals surface area contributed by atoms with Crippen LogP contribution in [0.5, 0.6) is 0 Å². The molecule has 8 heteroatoms. The van der Waals surface area contributed by atoms with Gasteiger partial charge in [-0.1, -0.05) is 0 Å². The zero-order chi connectivity index (χ0) is 14.1. The first-order valence-corrected chi connectivity index (χ1v) is 5.24. The van der Waals surface area contributed by atoms with Crippen LogP contribution in [0.15, 0.2) is 0 Å². The van der Waals surface area contributed by atoms with E-state index in [2.05, 4.69) is 10.1 Å². The SMILES string of the molecule is COC(=O)CCC(=O)NC(CCC(N)=O)C(=O)O. The van der Waals surface area contributed by atoms with Crippen molar-refractivity contribution in [3.63, 3.8) is 0 Å². The molecule has 0 heterocycles. The number of nitrogens with two attached hydrogens (primary N) is 1. The van der Waals surface area contributed by atoms with E-state index in [0.29, 0.717) is 0 Å². The summed E-state index contributed by atoms with van der Waals surface area (Å²) < 4.78 is 4.34. The van der Waals surface area contributed by atoms with Crippen LogP contribution in [0.3, 0.4) is 0 Å². The van der Waals surface area contributed by atoms with Crippen molar-refractivity contribution in [1.29, 1.82) is 0 Å². The van der Waals surface area contributed by atoms with Crippen LogP contribution in [0.4, 0.5) is 0 Å². The lowest BCUT2D eigenvalue weighted by Gasteiger charge is -2.13. The maximum absolute atomic E-state index is 11.3. The molecule has 8 nitrogen and oxygen atoms in total. The van der Waals surface area contributed by atoms with Crippen molar-refractivity contribution >= 4 is 23.8 Å². The maximum Gasteiger partial charge on any atom is 0.326 e. The first-order chi connectivity index (χ1) is 8.36. The molecule has 0 aromatic carbocycles. The molecule has 102 valence electrons. The summed E-state index contributed by atoms with van der Waals surface area (Å²) in [5.41, 5.74) is 4.88. The fourth-order valence-electron chi connectivity index (χ4n) is 1.13. The molecule has 2 amide bonds. The fourth-order valence-corrected chi connectivity index (χ4v) is 1.13. The highest BCUT2D eigenvalue weighted by Crippen LogP contribution is 1.99. The minimum Gasteiger partial charge on any atom is -0.480 e. The monoisotopic (exact) mass is 260 g/mol. The van der Waals surface area contributed by atoms with Gasteiger partial charge >= 0.3 is 11.9 Å². The summed E-state index contributed by atoms with van der Waals surface area (Å²) in [5, 5.41) is 11.0. The molecule has 0 rings (SSSR count). The molecule has 1 atom stereocenters. The third-order valence-corrected chi connectivity index (χ3v) is 2.10. The number of amides is 2. The molecule has 1 unspecified atom stereocenters. The molecular formula is C10H16N2O6. The van der Waals surface area contributed by atoms with E-state index in [0.717, 1.165) is 0 Å². The number of rotatable bonds is 8. The van der Waals surface area contributed by atoms with Crippen LogP contribution in [-0.4, -0.2) is 42.0 Å². The normalized spacial score (nSPS) is 11.4. The summed E-state index contributed by atoms with van der Waals surface area (Å²) in [6.07, 6.45) is -0.541. The van der Waals surface area contributed by atoms with Crippen molar-refractivity contribution < 1.29 is 29.0 Å². The summed E-state index contributed by atoms with van der Waals surface area (Å²) in [4.78, 5) is 43.4. The second-order valence-electron chi connectivity index (χ2n) is 3.54. The molecule has 0 fully saturated rings. The van der Waals surface area contributed by atoms with Gasteiger partial charge in [0.25, 0.3) is 0 Å². The van der Waals surface area contributed by atoms with E-state index < -0.39 is 29.8 Å². The van der Waals surface area contributed by atoms with E-state index >= 15 is 0 Å². The second-order valence-corrected chi connectivity index (χ2v) is 3.54. The predicted molar refractivity (Wildman–Crippen MR) is 59.2 cm³/mol. The minimum absolute atomic E-state index is 0.0887. The van der Waals surface area contributed by atoms with Crippen molar-refractivity contribution in [3.05, 3.63) is 0 Å². The van der Waals surface area contributed by atoms with Gasteiger partial charge in [0, 0.05) is 12.8 Å². The molecule has 0 aromatic heterocycles. The molecule has 18 heavy (non-hydrogen) atoms. The lowest BCUT2D eigenvalue weighted by molar-refractivity contribution is -0.143. The molecule has 0 aliphatic heterocycles. The number of carbonyl (C=O) groups is 4. The molecule has 0 radical (unpaired) electrons. The molecule has 0 spiro atoms. The smallest absolute Gasteiger partial charge is 0.326 e. The van der Waals surface area contributed by atoms with E-state index in [1.807, 2.05) is 0 Å². The van der Waals surface area contributed by atoms with Crippen LogP contribution in [-0.2, 0) is 23.9 Å². The number of carboxylic acids is 1. The van der Waals surface area contributed by atoms with E-state index in [4.69, 9.17) is 10.8 Å². The Morgan fingerprint density at radius 2 is 1.83 bits per heavy atom. The summed E-state index contributed by atoms with van der Waals surface area (Å²) in [5.74, 6) is -3.07. The average Bonchev–Trinajstić information content (AvgIpc) is 2.30. The van der Waals surface area contributed by atoms with Gasteiger partial charge in [-0.2, -0.15) is 0 Å². The van der Waals surface area contributed by atoms with Gasteiger partial charge in [-0.15, -0.1) is 0 Å². The molecule has 0 aliphatic rings. The molecule has 0 saturated heterocycles. The van der Waals surface area contributed by atoms with Crippen LogP contribution >= 0.6 is 0 Å². The van der Waals surface area contributed by atoms with Crippen molar-refractivity contribution in [2.75, 3.05) is 7.11 Å². The lowest BCUT2D eigenvalue weighted by Crippen LogP contribution is -2.41. The zero-order valence-electron chi connectivity index (χ0n) is 9.97. The Bertz CT molecular complexity index is 341. The van der Waals surface area contributed by atoms with Crippen LogP contribution in [0.2, 0.25) is 0 Å². The number of carboxylic acid groups (broad SMARTS) is 1. The van der Waals surface area contributed by atoms with E-state index in [1.54, 1.807) is 0 Å². The van der Waals surface area contributed by atoms with Crippen molar-refractivity contribution in [3.8, 4) is 0 Å². The number of hydrogen-bond acceptors (Lipinski definition) is 5. The highest BCUT2D eigenvalue weighted by atomic mass is 16.5. The third-order valence-electron chi connectivity index (χ3n) is 2.10. The first-order valence-electron chi connectivity index (χ1n) is 5.24. The first kappa shape index (κ1) is 15.9. The third kappa shape index (κ3) is 7.20. The van der Waals surface area contributed by atoms with Gasteiger partial charge in [0.1, 0.15) is 6.04 Å². The Hall–Kier alpha value is -2.12. The fraction of sp³-hybridized carbons (Fsp3) is 0.600. The molecule has 0 saturated carbocycles. The van der Waals surface area contributed by atoms with Crippen molar-refractivity contribution in [2.45, 2.75) is 31.7 Å². The number of primary amides is 1.